The maximum absolute atomic E-state index is 11.8. The average molecular weight is 360 g/mol. The number of benzene rings is 3. The molecule has 2 amide bonds. The number of hydrogen-bond acceptors (Lipinski definition) is 3. The highest BCUT2D eigenvalue weighted by Crippen LogP contribution is 2.20. The highest BCUT2D eigenvalue weighted by atomic mass is 16.5. The average Bonchev–Trinajstić information content (AvgIpc) is 2.70. The van der Waals surface area contributed by atoms with E-state index in [1.807, 2.05) is 67.6 Å². The second-order valence-corrected chi connectivity index (χ2v) is 6.08. The molecule has 0 saturated carbocycles. The van der Waals surface area contributed by atoms with Gasteiger partial charge in [-0.05, 0) is 41.5 Å². The molecule has 0 fully saturated rings. The van der Waals surface area contributed by atoms with Crippen LogP contribution in [0.2, 0.25) is 0 Å². The van der Waals surface area contributed by atoms with Gasteiger partial charge in [0.1, 0.15) is 5.75 Å². The molecule has 0 atom stereocenters. The Hall–Kier alpha value is -3.60. The van der Waals surface area contributed by atoms with Gasteiger partial charge in [-0.3, -0.25) is 20.4 Å². The summed E-state index contributed by atoms with van der Waals surface area (Å²) >= 11 is 0. The molecular formula is C22H20N2O3. The predicted molar refractivity (Wildman–Crippen MR) is 106 cm³/mol. The smallest absolute Gasteiger partial charge is 0.276 e. The molecule has 0 unspecified atom stereocenters. The van der Waals surface area contributed by atoms with Crippen LogP contribution in [0, 0.1) is 6.92 Å². The van der Waals surface area contributed by atoms with Gasteiger partial charge in [0.2, 0.25) is 0 Å². The van der Waals surface area contributed by atoms with E-state index in [0.29, 0.717) is 5.75 Å². The Labute approximate surface area is 157 Å². The van der Waals surface area contributed by atoms with Crippen molar-refractivity contribution in [2.75, 3.05) is 6.61 Å². The van der Waals surface area contributed by atoms with Gasteiger partial charge in [0.15, 0.2) is 6.61 Å². The molecule has 5 nitrogen and oxygen atoms in total. The van der Waals surface area contributed by atoms with Crippen LogP contribution in [0.5, 0.6) is 5.75 Å². The number of aryl methyl sites for hydroxylation is 1. The number of carbonyl (C=O) groups excluding carboxylic acids is 2. The number of ether oxygens (including phenoxy) is 1. The van der Waals surface area contributed by atoms with Crippen molar-refractivity contribution in [3.63, 3.8) is 0 Å². The zero-order valence-electron chi connectivity index (χ0n) is 14.9. The Balaban J connectivity index is 1.44. The normalized spacial score (nSPS) is 10.7. The minimum atomic E-state index is -0.444. The van der Waals surface area contributed by atoms with E-state index in [1.54, 1.807) is 12.1 Å². The lowest BCUT2D eigenvalue weighted by molar-refractivity contribution is -0.128. The molecule has 0 heterocycles. The van der Waals surface area contributed by atoms with Gasteiger partial charge in [0.05, 0.1) is 0 Å². The lowest BCUT2D eigenvalue weighted by atomic mass is 10.1. The first-order valence-corrected chi connectivity index (χ1v) is 8.55. The molecule has 0 aliphatic heterocycles. The molecule has 27 heavy (non-hydrogen) atoms. The minimum absolute atomic E-state index is 0.194. The number of amides is 2. The number of carbonyl (C=O) groups is 2. The van der Waals surface area contributed by atoms with Crippen molar-refractivity contribution < 1.29 is 14.3 Å². The van der Waals surface area contributed by atoms with Gasteiger partial charge in [-0.15, -0.1) is 0 Å². The van der Waals surface area contributed by atoms with E-state index in [0.717, 1.165) is 21.9 Å². The topological polar surface area (TPSA) is 67.4 Å². The summed E-state index contributed by atoms with van der Waals surface area (Å²) in [4.78, 5) is 23.6. The van der Waals surface area contributed by atoms with Crippen LogP contribution in [-0.4, -0.2) is 18.4 Å². The fourth-order valence-electron chi connectivity index (χ4n) is 2.46. The molecule has 0 spiro atoms. The second kappa shape index (κ2) is 8.67. The lowest BCUT2D eigenvalue weighted by Gasteiger charge is -2.08. The van der Waals surface area contributed by atoms with Crippen LogP contribution in [0.1, 0.15) is 11.1 Å². The molecule has 2 N–H and O–H groups in total. The van der Waals surface area contributed by atoms with E-state index < -0.39 is 11.8 Å². The Kier molecular flexibility index (Phi) is 5.84. The molecule has 3 aromatic rings. The maximum Gasteiger partial charge on any atom is 0.276 e. The van der Waals surface area contributed by atoms with Gasteiger partial charge in [-0.1, -0.05) is 60.2 Å². The van der Waals surface area contributed by atoms with E-state index in [-0.39, 0.29) is 6.61 Å². The summed E-state index contributed by atoms with van der Waals surface area (Å²) in [6, 6.07) is 21.2. The molecule has 0 saturated heterocycles. The van der Waals surface area contributed by atoms with Crippen LogP contribution in [-0.2, 0) is 9.59 Å². The Bertz CT molecular complexity index is 978. The quantitative estimate of drug-likeness (QED) is 0.541. The van der Waals surface area contributed by atoms with E-state index in [4.69, 9.17) is 4.74 Å². The number of hydrogen-bond donors (Lipinski definition) is 2. The summed E-state index contributed by atoms with van der Waals surface area (Å²) < 4.78 is 5.47. The molecule has 3 rings (SSSR count). The van der Waals surface area contributed by atoms with Gasteiger partial charge < -0.3 is 4.74 Å². The SMILES string of the molecule is Cc1ccc(C=CC(=O)NNC(=O)COc2ccc3ccccc3c2)cc1. The van der Waals surface area contributed by atoms with Crippen molar-refractivity contribution >= 4 is 28.7 Å². The van der Waals surface area contributed by atoms with Crippen LogP contribution in [0.4, 0.5) is 0 Å². The summed E-state index contributed by atoms with van der Waals surface area (Å²) in [6.07, 6.45) is 3.03. The van der Waals surface area contributed by atoms with E-state index in [1.165, 1.54) is 6.08 Å². The van der Waals surface area contributed by atoms with E-state index in [9.17, 15) is 9.59 Å². The maximum atomic E-state index is 11.8. The van der Waals surface area contributed by atoms with Crippen LogP contribution in [0.3, 0.4) is 0 Å². The third-order valence-electron chi connectivity index (χ3n) is 3.92. The van der Waals surface area contributed by atoms with Crippen LogP contribution < -0.4 is 15.6 Å². The van der Waals surface area contributed by atoms with Crippen molar-refractivity contribution in [2.45, 2.75) is 6.92 Å². The van der Waals surface area contributed by atoms with Crippen LogP contribution in [0.15, 0.2) is 72.8 Å². The van der Waals surface area contributed by atoms with Crippen molar-refractivity contribution in [1.29, 1.82) is 0 Å². The minimum Gasteiger partial charge on any atom is -0.484 e. The van der Waals surface area contributed by atoms with E-state index >= 15 is 0 Å². The monoisotopic (exact) mass is 360 g/mol. The molecule has 5 heteroatoms. The summed E-state index contributed by atoms with van der Waals surface area (Å²) in [5, 5.41) is 2.13. The first kappa shape index (κ1) is 18.2. The molecule has 0 aromatic heterocycles. The largest absolute Gasteiger partial charge is 0.484 e. The summed E-state index contributed by atoms with van der Waals surface area (Å²) in [6.45, 7) is 1.80. The molecule has 0 aliphatic carbocycles. The third kappa shape index (κ3) is 5.44. The van der Waals surface area contributed by atoms with E-state index in [2.05, 4.69) is 10.9 Å². The standard InChI is InChI=1S/C22H20N2O3/c1-16-6-8-17(9-7-16)10-13-21(25)23-24-22(26)15-27-20-12-11-18-4-2-3-5-19(18)14-20/h2-14H,15H2,1H3,(H,23,25)(H,24,26). The fourth-order valence-corrected chi connectivity index (χ4v) is 2.46. The molecule has 0 bridgehead atoms. The summed E-state index contributed by atoms with van der Waals surface area (Å²) in [5.41, 5.74) is 6.70. The van der Waals surface area contributed by atoms with Gasteiger partial charge in [0, 0.05) is 6.08 Å². The van der Waals surface area contributed by atoms with Crippen molar-refractivity contribution in [1.82, 2.24) is 10.9 Å². The van der Waals surface area contributed by atoms with Crippen molar-refractivity contribution in [3.05, 3.63) is 83.9 Å². The molecule has 3 aromatic carbocycles. The predicted octanol–water partition coefficient (Wildman–Crippen LogP) is 3.39. The second-order valence-electron chi connectivity index (χ2n) is 6.08. The first-order chi connectivity index (χ1) is 13.1. The summed E-state index contributed by atoms with van der Waals surface area (Å²) in [5.74, 6) is -0.274. The zero-order valence-corrected chi connectivity index (χ0v) is 14.9. The lowest BCUT2D eigenvalue weighted by Crippen LogP contribution is -2.43. The van der Waals surface area contributed by atoms with Gasteiger partial charge in [0.25, 0.3) is 11.8 Å². The van der Waals surface area contributed by atoms with Gasteiger partial charge in [-0.2, -0.15) is 0 Å². The van der Waals surface area contributed by atoms with Crippen molar-refractivity contribution in [2.24, 2.45) is 0 Å². The number of hydrazine groups is 1. The number of fused-ring (bicyclic) bond motifs is 1. The first-order valence-electron chi connectivity index (χ1n) is 8.55. The van der Waals surface area contributed by atoms with Crippen LogP contribution >= 0.6 is 0 Å². The Morgan fingerprint density at radius 1 is 0.926 bits per heavy atom. The molecule has 136 valence electrons. The van der Waals surface area contributed by atoms with Gasteiger partial charge in [-0.25, -0.2) is 0 Å². The zero-order chi connectivity index (χ0) is 19.1. The molecule has 0 aliphatic rings. The number of nitrogens with one attached hydrogen (secondary N) is 2. The highest BCUT2D eigenvalue weighted by molar-refractivity contribution is 5.93. The molecular weight excluding hydrogens is 340 g/mol. The van der Waals surface area contributed by atoms with Crippen LogP contribution in [0.25, 0.3) is 16.8 Å². The molecule has 0 radical (unpaired) electrons. The van der Waals surface area contributed by atoms with Crippen molar-refractivity contribution in [3.8, 4) is 5.75 Å². The summed E-state index contributed by atoms with van der Waals surface area (Å²) in [7, 11) is 0. The number of rotatable bonds is 5. The Morgan fingerprint density at radius 2 is 1.67 bits per heavy atom. The third-order valence-corrected chi connectivity index (χ3v) is 3.92. The van der Waals surface area contributed by atoms with Gasteiger partial charge >= 0.3 is 0 Å². The fraction of sp³-hybridized carbons (Fsp3) is 0.0909. The Morgan fingerprint density at radius 3 is 2.44 bits per heavy atom. The highest BCUT2D eigenvalue weighted by Gasteiger charge is 2.04.